The lowest BCUT2D eigenvalue weighted by Gasteiger charge is -1.99. The van der Waals surface area contributed by atoms with Crippen molar-refractivity contribution in [2.45, 2.75) is 18.3 Å². The molecule has 2 atom stereocenters. The molecule has 23 heavy (non-hydrogen) atoms. The molecule has 1 fully saturated rings. The van der Waals surface area contributed by atoms with Crippen LogP contribution in [0.1, 0.15) is 28.8 Å². The fourth-order valence-corrected chi connectivity index (χ4v) is 3.91. The maximum atomic E-state index is 10.9. The van der Waals surface area contributed by atoms with Gasteiger partial charge in [0.1, 0.15) is 0 Å². The van der Waals surface area contributed by atoms with Crippen molar-refractivity contribution in [3.63, 3.8) is 0 Å². The van der Waals surface area contributed by atoms with Gasteiger partial charge in [-0.05, 0) is 17.9 Å². The zero-order valence-corrected chi connectivity index (χ0v) is 13.1. The second-order valence-corrected chi connectivity index (χ2v) is 6.63. The van der Waals surface area contributed by atoms with Crippen LogP contribution in [0, 0.1) is 10.1 Å². The third kappa shape index (κ3) is 2.75. The van der Waals surface area contributed by atoms with Crippen molar-refractivity contribution in [1.29, 1.82) is 0 Å². The van der Waals surface area contributed by atoms with Gasteiger partial charge in [0.15, 0.2) is 0 Å². The number of thiazole rings is 1. The Balaban J connectivity index is 1.55. The molecule has 1 saturated carbocycles. The molecule has 1 aliphatic carbocycles. The summed E-state index contributed by atoms with van der Waals surface area (Å²) in [7, 11) is 0. The van der Waals surface area contributed by atoms with Gasteiger partial charge in [-0.2, -0.15) is 0 Å². The zero-order valence-electron chi connectivity index (χ0n) is 12.3. The highest BCUT2D eigenvalue weighted by molar-refractivity contribution is 7.10. The average Bonchev–Trinajstić information content (AvgIpc) is 3.24. The molecule has 3 aromatic rings. The first-order valence-electron chi connectivity index (χ1n) is 7.47. The molecule has 5 heteroatoms. The molecule has 0 bridgehead atoms. The van der Waals surface area contributed by atoms with Crippen molar-refractivity contribution in [2.75, 3.05) is 0 Å². The van der Waals surface area contributed by atoms with Crippen molar-refractivity contribution >= 4 is 17.0 Å². The molecule has 4 nitrogen and oxygen atoms in total. The van der Waals surface area contributed by atoms with Crippen molar-refractivity contribution in [3.05, 3.63) is 80.7 Å². The Kier molecular flexibility index (Phi) is 3.42. The number of hydrogen-bond acceptors (Lipinski definition) is 4. The Labute approximate surface area is 137 Å². The van der Waals surface area contributed by atoms with Gasteiger partial charge in [-0.1, -0.05) is 42.5 Å². The molecule has 0 aliphatic heterocycles. The number of non-ortho nitro benzene ring substituents is 1. The molecule has 0 N–H and O–H groups in total. The SMILES string of the molecule is O=[N+]([O-])c1cccc(C2CC2c2nc(-c3ccccc3)cs2)c1. The van der Waals surface area contributed by atoms with Crippen LogP contribution < -0.4 is 0 Å². The lowest BCUT2D eigenvalue weighted by molar-refractivity contribution is -0.384. The van der Waals surface area contributed by atoms with Crippen LogP contribution in [-0.2, 0) is 0 Å². The van der Waals surface area contributed by atoms with E-state index in [1.165, 1.54) is 6.07 Å². The van der Waals surface area contributed by atoms with Crippen molar-refractivity contribution in [1.82, 2.24) is 4.98 Å². The Morgan fingerprint density at radius 3 is 2.70 bits per heavy atom. The van der Waals surface area contributed by atoms with E-state index in [9.17, 15) is 10.1 Å². The molecule has 1 aromatic heterocycles. The van der Waals surface area contributed by atoms with E-state index in [2.05, 4.69) is 17.5 Å². The topological polar surface area (TPSA) is 56.0 Å². The van der Waals surface area contributed by atoms with Gasteiger partial charge in [-0.25, -0.2) is 4.98 Å². The van der Waals surface area contributed by atoms with E-state index in [-0.39, 0.29) is 10.6 Å². The van der Waals surface area contributed by atoms with Crippen molar-refractivity contribution < 1.29 is 4.92 Å². The Morgan fingerprint density at radius 1 is 1.09 bits per heavy atom. The Hall–Kier alpha value is -2.53. The van der Waals surface area contributed by atoms with E-state index in [0.29, 0.717) is 11.8 Å². The summed E-state index contributed by atoms with van der Waals surface area (Å²) in [5.41, 5.74) is 3.34. The summed E-state index contributed by atoms with van der Waals surface area (Å²) < 4.78 is 0. The standard InChI is InChI=1S/C18H14N2O2S/c21-20(22)14-8-4-7-13(9-14)15-10-16(15)18-19-17(11-23-18)12-5-2-1-3-6-12/h1-9,11,15-16H,10H2. The van der Waals surface area contributed by atoms with Gasteiger partial charge in [0.05, 0.1) is 15.6 Å². The molecule has 4 rings (SSSR count). The summed E-state index contributed by atoms with van der Waals surface area (Å²) in [5, 5.41) is 14.1. The molecule has 0 spiro atoms. The van der Waals surface area contributed by atoms with E-state index in [0.717, 1.165) is 28.2 Å². The number of aromatic nitrogens is 1. The maximum absolute atomic E-state index is 10.9. The molecule has 114 valence electrons. The Bertz CT molecular complexity index is 860. The summed E-state index contributed by atoms with van der Waals surface area (Å²) in [6, 6.07) is 17.1. The summed E-state index contributed by atoms with van der Waals surface area (Å²) in [4.78, 5) is 15.3. The largest absolute Gasteiger partial charge is 0.269 e. The molecule has 0 amide bonds. The monoisotopic (exact) mass is 322 g/mol. The number of nitro benzene ring substituents is 1. The lowest BCUT2D eigenvalue weighted by atomic mass is 10.1. The van der Waals surface area contributed by atoms with Crippen molar-refractivity contribution in [2.24, 2.45) is 0 Å². The van der Waals surface area contributed by atoms with Gasteiger partial charge in [-0.15, -0.1) is 11.3 Å². The van der Waals surface area contributed by atoms with Crippen LogP contribution in [0.5, 0.6) is 0 Å². The average molecular weight is 322 g/mol. The van der Waals surface area contributed by atoms with E-state index >= 15 is 0 Å². The summed E-state index contributed by atoms with van der Waals surface area (Å²) in [5.74, 6) is 0.740. The highest BCUT2D eigenvalue weighted by Crippen LogP contribution is 2.55. The summed E-state index contributed by atoms with van der Waals surface area (Å²) in [6.07, 6.45) is 1.02. The number of hydrogen-bond donors (Lipinski definition) is 0. The number of rotatable bonds is 4. The van der Waals surface area contributed by atoms with Gasteiger partial charge in [0.25, 0.3) is 5.69 Å². The molecule has 2 aromatic carbocycles. The number of benzene rings is 2. The van der Waals surface area contributed by atoms with E-state index in [4.69, 9.17) is 4.98 Å². The van der Waals surface area contributed by atoms with Crippen LogP contribution in [0.3, 0.4) is 0 Å². The molecule has 1 heterocycles. The maximum Gasteiger partial charge on any atom is 0.269 e. The van der Waals surface area contributed by atoms with Crippen LogP contribution in [0.15, 0.2) is 60.0 Å². The Morgan fingerprint density at radius 2 is 1.91 bits per heavy atom. The second kappa shape index (κ2) is 5.59. The third-order valence-electron chi connectivity index (χ3n) is 4.21. The molecular formula is C18H14N2O2S. The first-order valence-corrected chi connectivity index (χ1v) is 8.35. The minimum absolute atomic E-state index is 0.164. The lowest BCUT2D eigenvalue weighted by Crippen LogP contribution is -1.90. The van der Waals surface area contributed by atoms with Gasteiger partial charge in [0, 0.05) is 29.0 Å². The fraction of sp³-hybridized carbons (Fsp3) is 0.167. The minimum Gasteiger partial charge on any atom is -0.258 e. The predicted octanol–water partition coefficient (Wildman–Crippen LogP) is 4.99. The first kappa shape index (κ1) is 14.1. The predicted molar refractivity (Wildman–Crippen MR) is 90.7 cm³/mol. The molecule has 2 unspecified atom stereocenters. The van der Waals surface area contributed by atoms with Crippen LogP contribution in [0.25, 0.3) is 11.3 Å². The molecule has 0 radical (unpaired) electrons. The third-order valence-corrected chi connectivity index (χ3v) is 5.18. The van der Waals surface area contributed by atoms with Crippen LogP contribution in [-0.4, -0.2) is 9.91 Å². The second-order valence-electron chi connectivity index (χ2n) is 5.74. The first-order chi connectivity index (χ1) is 11.2. The molecule has 1 aliphatic rings. The van der Waals surface area contributed by atoms with Gasteiger partial charge < -0.3 is 0 Å². The fourth-order valence-electron chi connectivity index (χ4n) is 2.90. The van der Waals surface area contributed by atoms with E-state index in [1.807, 2.05) is 24.3 Å². The molecular weight excluding hydrogens is 308 g/mol. The van der Waals surface area contributed by atoms with Crippen molar-refractivity contribution in [3.8, 4) is 11.3 Å². The summed E-state index contributed by atoms with van der Waals surface area (Å²) >= 11 is 1.68. The van der Waals surface area contributed by atoms with Crippen LogP contribution in [0.2, 0.25) is 0 Å². The normalized spacial score (nSPS) is 19.5. The van der Waals surface area contributed by atoms with Crippen LogP contribution >= 0.6 is 11.3 Å². The van der Waals surface area contributed by atoms with E-state index in [1.54, 1.807) is 23.5 Å². The quantitative estimate of drug-likeness (QED) is 0.502. The number of nitrogens with zero attached hydrogens (tertiary/aromatic N) is 2. The highest BCUT2D eigenvalue weighted by Gasteiger charge is 2.42. The number of nitro groups is 1. The van der Waals surface area contributed by atoms with Crippen LogP contribution in [0.4, 0.5) is 5.69 Å². The van der Waals surface area contributed by atoms with E-state index < -0.39 is 0 Å². The highest BCUT2D eigenvalue weighted by atomic mass is 32.1. The summed E-state index contributed by atoms with van der Waals surface area (Å²) in [6.45, 7) is 0. The van der Waals surface area contributed by atoms with Gasteiger partial charge >= 0.3 is 0 Å². The van der Waals surface area contributed by atoms with Gasteiger partial charge in [0.2, 0.25) is 0 Å². The molecule has 0 saturated heterocycles. The smallest absolute Gasteiger partial charge is 0.258 e. The minimum atomic E-state index is -0.336. The zero-order chi connectivity index (χ0) is 15.8. The van der Waals surface area contributed by atoms with Gasteiger partial charge in [-0.3, -0.25) is 10.1 Å².